The lowest BCUT2D eigenvalue weighted by Crippen LogP contribution is -2.41. The van der Waals surface area contributed by atoms with E-state index in [4.69, 9.17) is 9.47 Å². The predicted molar refractivity (Wildman–Crippen MR) is 153 cm³/mol. The van der Waals surface area contributed by atoms with Crippen LogP contribution in [0.3, 0.4) is 0 Å². The van der Waals surface area contributed by atoms with Crippen LogP contribution in [0.2, 0.25) is 0 Å². The van der Waals surface area contributed by atoms with E-state index in [1.54, 1.807) is 0 Å². The molecule has 216 valence electrons. The Hall–Kier alpha value is -2.57. The molecule has 0 unspecified atom stereocenters. The van der Waals surface area contributed by atoms with Crippen molar-refractivity contribution in [1.29, 1.82) is 0 Å². The number of carbonyl (C=O) groups is 3. The quantitative estimate of drug-likeness (QED) is 0.115. The molecular weight excluding hydrogens is 480 g/mol. The van der Waals surface area contributed by atoms with Gasteiger partial charge in [-0.05, 0) is 31.2 Å². The summed E-state index contributed by atoms with van der Waals surface area (Å²) in [6.07, 6.45) is 18.5. The van der Waals surface area contributed by atoms with Crippen LogP contribution >= 0.6 is 0 Å². The van der Waals surface area contributed by atoms with E-state index < -0.39 is 18.1 Å². The largest absolute Gasteiger partial charge is 0.467 e. The highest BCUT2D eigenvalue weighted by molar-refractivity contribution is 5.81. The molecule has 0 radical (unpaired) electrons. The van der Waals surface area contributed by atoms with Crippen LogP contribution in [0.15, 0.2) is 30.3 Å². The van der Waals surface area contributed by atoms with Crippen LogP contribution in [0.5, 0.6) is 0 Å². The maximum atomic E-state index is 12.1. The summed E-state index contributed by atoms with van der Waals surface area (Å²) in [7, 11) is 1.29. The van der Waals surface area contributed by atoms with Gasteiger partial charge in [0.2, 0.25) is 5.91 Å². The lowest BCUT2D eigenvalue weighted by molar-refractivity contribution is -0.143. The standard InChI is InChI=1S/C31H52N2O5/c1-3-4-5-6-7-8-9-10-11-12-13-14-18-24-29(34)32-25-20-19-23-28(30(35)37-2)33-31(36)38-26-27-21-16-15-17-22-27/h15-17,21-22,28H,3-14,18-20,23-26H2,1-2H3,(H,32,34)(H,33,36)/t28-/m0/s1. The number of unbranched alkanes of at least 4 members (excludes halogenated alkanes) is 13. The Bertz CT molecular complexity index is 741. The Morgan fingerprint density at radius 1 is 0.763 bits per heavy atom. The number of benzene rings is 1. The van der Waals surface area contributed by atoms with Gasteiger partial charge in [0.15, 0.2) is 0 Å². The molecule has 0 aliphatic rings. The number of hydrogen-bond donors (Lipinski definition) is 2. The predicted octanol–water partition coefficient (Wildman–Crippen LogP) is 7.22. The van der Waals surface area contributed by atoms with Gasteiger partial charge in [0.05, 0.1) is 7.11 Å². The van der Waals surface area contributed by atoms with Gasteiger partial charge in [0, 0.05) is 13.0 Å². The van der Waals surface area contributed by atoms with Crippen LogP contribution in [0.4, 0.5) is 4.79 Å². The minimum Gasteiger partial charge on any atom is -0.467 e. The second-order valence-corrected chi connectivity index (χ2v) is 10.1. The van der Waals surface area contributed by atoms with Crippen LogP contribution in [-0.2, 0) is 25.7 Å². The molecule has 0 aliphatic carbocycles. The van der Waals surface area contributed by atoms with E-state index in [0.717, 1.165) is 24.8 Å². The first-order chi connectivity index (χ1) is 18.6. The monoisotopic (exact) mass is 532 g/mol. The molecule has 0 aliphatic heterocycles. The van der Waals surface area contributed by atoms with Gasteiger partial charge in [-0.15, -0.1) is 0 Å². The average Bonchev–Trinajstić information content (AvgIpc) is 2.93. The van der Waals surface area contributed by atoms with E-state index in [1.807, 2.05) is 30.3 Å². The van der Waals surface area contributed by atoms with Gasteiger partial charge in [-0.2, -0.15) is 0 Å². The van der Waals surface area contributed by atoms with Crippen LogP contribution in [0.1, 0.15) is 122 Å². The molecular formula is C31H52N2O5. The Kier molecular flexibility index (Phi) is 20.7. The minimum absolute atomic E-state index is 0.0835. The molecule has 0 saturated carbocycles. The van der Waals surface area contributed by atoms with Crippen molar-refractivity contribution in [2.75, 3.05) is 13.7 Å². The molecule has 1 atom stereocenters. The molecule has 0 fully saturated rings. The lowest BCUT2D eigenvalue weighted by Gasteiger charge is -2.16. The fourth-order valence-electron chi connectivity index (χ4n) is 4.39. The van der Waals surface area contributed by atoms with Crippen molar-refractivity contribution < 1.29 is 23.9 Å². The number of esters is 1. The van der Waals surface area contributed by atoms with E-state index >= 15 is 0 Å². The number of rotatable bonds is 23. The number of ether oxygens (including phenoxy) is 2. The summed E-state index contributed by atoms with van der Waals surface area (Å²) in [4.78, 5) is 36.2. The SMILES string of the molecule is CCCCCCCCCCCCCCCC(=O)NCCCC[C@H](NC(=O)OCc1ccccc1)C(=O)OC. The second-order valence-electron chi connectivity index (χ2n) is 10.1. The van der Waals surface area contributed by atoms with Crippen LogP contribution < -0.4 is 10.6 Å². The molecule has 7 nitrogen and oxygen atoms in total. The van der Waals surface area contributed by atoms with Gasteiger partial charge >= 0.3 is 12.1 Å². The topological polar surface area (TPSA) is 93.7 Å². The maximum Gasteiger partial charge on any atom is 0.408 e. The minimum atomic E-state index is -0.773. The highest BCUT2D eigenvalue weighted by Gasteiger charge is 2.21. The van der Waals surface area contributed by atoms with Crippen molar-refractivity contribution in [3.63, 3.8) is 0 Å². The van der Waals surface area contributed by atoms with Gasteiger partial charge < -0.3 is 20.1 Å². The zero-order valence-corrected chi connectivity index (χ0v) is 23.9. The molecule has 0 aromatic heterocycles. The smallest absolute Gasteiger partial charge is 0.408 e. The number of alkyl carbamates (subject to hydrolysis) is 1. The van der Waals surface area contributed by atoms with Crippen LogP contribution in [0.25, 0.3) is 0 Å². The third-order valence-corrected chi connectivity index (χ3v) is 6.74. The summed E-state index contributed by atoms with van der Waals surface area (Å²) >= 11 is 0. The van der Waals surface area contributed by atoms with E-state index in [1.165, 1.54) is 77.7 Å². The zero-order valence-electron chi connectivity index (χ0n) is 23.9. The Labute approximate surface area is 230 Å². The molecule has 38 heavy (non-hydrogen) atoms. The van der Waals surface area contributed by atoms with Crippen molar-refractivity contribution >= 4 is 18.0 Å². The molecule has 0 heterocycles. The average molecular weight is 533 g/mol. The van der Waals surface area contributed by atoms with Crippen molar-refractivity contribution in [2.24, 2.45) is 0 Å². The molecule has 1 rings (SSSR count). The Morgan fingerprint density at radius 3 is 1.92 bits per heavy atom. The first kappa shape index (κ1) is 33.5. The van der Waals surface area contributed by atoms with E-state index in [9.17, 15) is 14.4 Å². The first-order valence-corrected chi connectivity index (χ1v) is 14.9. The molecule has 0 bridgehead atoms. The summed E-state index contributed by atoms with van der Waals surface area (Å²) in [5, 5.41) is 5.54. The number of hydrogen-bond acceptors (Lipinski definition) is 5. The number of amides is 2. The molecule has 7 heteroatoms. The fourth-order valence-corrected chi connectivity index (χ4v) is 4.39. The van der Waals surface area contributed by atoms with Crippen LogP contribution in [0, 0.1) is 0 Å². The maximum absolute atomic E-state index is 12.1. The van der Waals surface area contributed by atoms with E-state index in [-0.39, 0.29) is 12.5 Å². The first-order valence-electron chi connectivity index (χ1n) is 14.9. The molecule has 0 saturated heterocycles. The molecule has 2 amide bonds. The molecule has 1 aromatic rings. The van der Waals surface area contributed by atoms with Crippen molar-refractivity contribution in [1.82, 2.24) is 10.6 Å². The molecule has 2 N–H and O–H groups in total. The summed E-state index contributed by atoms with van der Waals surface area (Å²) in [6.45, 7) is 2.95. The van der Waals surface area contributed by atoms with Gasteiger partial charge in [-0.25, -0.2) is 9.59 Å². The van der Waals surface area contributed by atoms with E-state index in [0.29, 0.717) is 25.8 Å². The summed E-state index contributed by atoms with van der Waals surface area (Å²) < 4.78 is 10.0. The molecule has 0 spiro atoms. The summed E-state index contributed by atoms with van der Waals surface area (Å²) in [5.74, 6) is -0.423. The number of methoxy groups -OCH3 is 1. The molecule has 1 aromatic carbocycles. The summed E-state index contributed by atoms with van der Waals surface area (Å²) in [6, 6.07) is 8.57. The highest BCUT2D eigenvalue weighted by atomic mass is 16.6. The zero-order chi connectivity index (χ0) is 27.7. The Balaban J connectivity index is 2.02. The second kappa shape index (κ2) is 23.5. The van der Waals surface area contributed by atoms with Gasteiger partial charge in [-0.1, -0.05) is 114 Å². The third-order valence-electron chi connectivity index (χ3n) is 6.74. The highest BCUT2D eigenvalue weighted by Crippen LogP contribution is 2.13. The summed E-state index contributed by atoms with van der Waals surface area (Å²) in [5.41, 5.74) is 0.867. The van der Waals surface area contributed by atoms with E-state index in [2.05, 4.69) is 17.6 Å². The van der Waals surface area contributed by atoms with Crippen molar-refractivity contribution in [3.05, 3.63) is 35.9 Å². The van der Waals surface area contributed by atoms with Gasteiger partial charge in [-0.3, -0.25) is 4.79 Å². The lowest BCUT2D eigenvalue weighted by atomic mass is 10.0. The van der Waals surface area contributed by atoms with Gasteiger partial charge in [0.25, 0.3) is 0 Å². The number of nitrogens with one attached hydrogen (secondary N) is 2. The number of carbonyl (C=O) groups excluding carboxylic acids is 3. The van der Waals surface area contributed by atoms with Crippen molar-refractivity contribution in [2.45, 2.75) is 129 Å². The van der Waals surface area contributed by atoms with Crippen LogP contribution in [-0.4, -0.2) is 37.7 Å². The fraction of sp³-hybridized carbons (Fsp3) is 0.710. The normalized spacial score (nSPS) is 11.5. The Morgan fingerprint density at radius 2 is 1.34 bits per heavy atom. The van der Waals surface area contributed by atoms with Crippen molar-refractivity contribution in [3.8, 4) is 0 Å². The van der Waals surface area contributed by atoms with Gasteiger partial charge in [0.1, 0.15) is 12.6 Å². The third kappa shape index (κ3) is 18.6.